The Bertz CT molecular complexity index is 783. The molecule has 1 aliphatic heterocycles. The zero-order chi connectivity index (χ0) is 18.5. The second kappa shape index (κ2) is 8.14. The molecule has 2 aromatic rings. The lowest BCUT2D eigenvalue weighted by Gasteiger charge is -2.27. The molecule has 2 atom stereocenters. The van der Waals surface area contributed by atoms with Crippen molar-refractivity contribution in [2.24, 2.45) is 0 Å². The SMILES string of the molecule is COc1cccc(C2SCC(C(=O)O)N2C(=O)OCc2ccccc2)c1. The van der Waals surface area contributed by atoms with Gasteiger partial charge in [0, 0.05) is 5.75 Å². The van der Waals surface area contributed by atoms with Crippen LogP contribution in [0, 0.1) is 0 Å². The lowest BCUT2D eigenvalue weighted by atomic mass is 10.1. The zero-order valence-electron chi connectivity index (χ0n) is 14.2. The Morgan fingerprint density at radius 1 is 1.19 bits per heavy atom. The summed E-state index contributed by atoms with van der Waals surface area (Å²) in [7, 11) is 1.56. The molecular formula is C19H19NO5S. The van der Waals surface area contributed by atoms with Crippen molar-refractivity contribution in [3.8, 4) is 5.75 Å². The summed E-state index contributed by atoms with van der Waals surface area (Å²) in [5, 5.41) is 9.06. The first-order valence-electron chi connectivity index (χ1n) is 8.07. The van der Waals surface area contributed by atoms with Gasteiger partial charge in [0.25, 0.3) is 0 Å². The summed E-state index contributed by atoms with van der Waals surface area (Å²) in [5.41, 5.74) is 1.65. The van der Waals surface area contributed by atoms with E-state index in [4.69, 9.17) is 9.47 Å². The van der Waals surface area contributed by atoms with Crippen molar-refractivity contribution in [2.75, 3.05) is 12.9 Å². The molecule has 1 fully saturated rings. The van der Waals surface area contributed by atoms with Gasteiger partial charge in [0.05, 0.1) is 7.11 Å². The van der Waals surface area contributed by atoms with Crippen molar-refractivity contribution < 1.29 is 24.2 Å². The van der Waals surface area contributed by atoms with Crippen LogP contribution in [0.4, 0.5) is 4.79 Å². The summed E-state index contributed by atoms with van der Waals surface area (Å²) in [5.74, 6) is -0.0866. The number of carbonyl (C=O) groups is 2. The number of aliphatic carboxylic acids is 1. The fraction of sp³-hybridized carbons (Fsp3) is 0.263. The first-order valence-corrected chi connectivity index (χ1v) is 9.12. The minimum atomic E-state index is -1.04. The number of carboxylic acid groups (broad SMARTS) is 1. The second-order valence-corrected chi connectivity index (χ2v) is 6.88. The predicted octanol–water partition coefficient (Wildman–Crippen LogP) is 3.53. The molecule has 2 aromatic carbocycles. The number of rotatable bonds is 5. The highest BCUT2D eigenvalue weighted by Crippen LogP contribution is 2.42. The van der Waals surface area contributed by atoms with Gasteiger partial charge in [-0.05, 0) is 23.3 Å². The van der Waals surface area contributed by atoms with E-state index in [1.165, 1.54) is 16.7 Å². The van der Waals surface area contributed by atoms with Crippen molar-refractivity contribution in [2.45, 2.75) is 18.0 Å². The number of methoxy groups -OCH3 is 1. The van der Waals surface area contributed by atoms with E-state index in [-0.39, 0.29) is 6.61 Å². The van der Waals surface area contributed by atoms with E-state index in [0.29, 0.717) is 11.5 Å². The molecule has 136 valence electrons. The van der Waals surface area contributed by atoms with Gasteiger partial charge in [0.15, 0.2) is 0 Å². The minimum absolute atomic E-state index is 0.0952. The molecule has 0 radical (unpaired) electrons. The summed E-state index contributed by atoms with van der Waals surface area (Å²) >= 11 is 1.40. The van der Waals surface area contributed by atoms with E-state index in [0.717, 1.165) is 11.1 Å². The second-order valence-electron chi connectivity index (χ2n) is 5.76. The van der Waals surface area contributed by atoms with E-state index < -0.39 is 23.5 Å². The molecule has 1 N–H and O–H groups in total. The average Bonchev–Trinajstić information content (AvgIpc) is 3.12. The van der Waals surface area contributed by atoms with Crippen LogP contribution in [0.25, 0.3) is 0 Å². The maximum Gasteiger partial charge on any atom is 0.412 e. The average molecular weight is 373 g/mol. The highest BCUT2D eigenvalue weighted by atomic mass is 32.2. The standard InChI is InChI=1S/C19H19NO5S/c1-24-15-9-5-8-14(10-15)17-20(16(12-26-17)18(21)22)19(23)25-11-13-6-3-2-4-7-13/h2-10,16-17H,11-12H2,1H3,(H,21,22). The summed E-state index contributed by atoms with van der Waals surface area (Å²) in [4.78, 5) is 25.6. The summed E-state index contributed by atoms with van der Waals surface area (Å²) in [6, 6.07) is 15.6. The summed E-state index contributed by atoms with van der Waals surface area (Å²) in [6.07, 6.45) is -0.640. The van der Waals surface area contributed by atoms with Gasteiger partial charge in [-0.2, -0.15) is 0 Å². The van der Waals surface area contributed by atoms with Gasteiger partial charge in [-0.3, -0.25) is 4.90 Å². The van der Waals surface area contributed by atoms with Crippen LogP contribution in [-0.2, 0) is 16.1 Å². The Kier molecular flexibility index (Phi) is 5.68. The Labute approximate surface area is 155 Å². The molecule has 1 saturated heterocycles. The van der Waals surface area contributed by atoms with Gasteiger partial charge in [-0.1, -0.05) is 42.5 Å². The molecule has 1 heterocycles. The number of carbonyl (C=O) groups excluding carboxylic acids is 1. The Hall–Kier alpha value is -2.67. The molecule has 0 aromatic heterocycles. The fourth-order valence-electron chi connectivity index (χ4n) is 2.77. The largest absolute Gasteiger partial charge is 0.497 e. The van der Waals surface area contributed by atoms with Gasteiger partial charge in [-0.15, -0.1) is 11.8 Å². The van der Waals surface area contributed by atoms with Crippen LogP contribution >= 0.6 is 11.8 Å². The monoisotopic (exact) mass is 373 g/mol. The van der Waals surface area contributed by atoms with Gasteiger partial charge in [0.2, 0.25) is 0 Å². The van der Waals surface area contributed by atoms with E-state index in [9.17, 15) is 14.7 Å². The highest BCUT2D eigenvalue weighted by Gasteiger charge is 2.43. The van der Waals surface area contributed by atoms with Crippen LogP contribution in [0.5, 0.6) is 5.75 Å². The van der Waals surface area contributed by atoms with E-state index in [1.807, 2.05) is 42.5 Å². The molecule has 3 rings (SSSR count). The van der Waals surface area contributed by atoms with Crippen LogP contribution in [-0.4, -0.2) is 41.0 Å². The molecule has 7 heteroatoms. The molecule has 0 aliphatic carbocycles. The molecule has 6 nitrogen and oxygen atoms in total. The molecule has 0 bridgehead atoms. The summed E-state index contributed by atoms with van der Waals surface area (Å²) < 4.78 is 10.6. The Morgan fingerprint density at radius 3 is 2.65 bits per heavy atom. The van der Waals surface area contributed by atoms with Crippen molar-refractivity contribution in [1.82, 2.24) is 4.90 Å². The van der Waals surface area contributed by atoms with Gasteiger partial charge >= 0.3 is 12.1 Å². The third-order valence-corrected chi connectivity index (χ3v) is 5.40. The normalized spacial score (nSPS) is 19.2. The van der Waals surface area contributed by atoms with E-state index >= 15 is 0 Å². The quantitative estimate of drug-likeness (QED) is 0.864. The van der Waals surface area contributed by atoms with Crippen molar-refractivity contribution >= 4 is 23.8 Å². The fourth-order valence-corrected chi connectivity index (χ4v) is 4.17. The molecule has 1 amide bonds. The number of nitrogens with zero attached hydrogens (tertiary/aromatic N) is 1. The van der Waals surface area contributed by atoms with Crippen LogP contribution in [0.3, 0.4) is 0 Å². The third kappa shape index (κ3) is 3.94. The van der Waals surface area contributed by atoms with Gasteiger partial charge in [-0.25, -0.2) is 9.59 Å². The zero-order valence-corrected chi connectivity index (χ0v) is 15.0. The Balaban J connectivity index is 1.80. The van der Waals surface area contributed by atoms with Crippen molar-refractivity contribution in [3.63, 3.8) is 0 Å². The van der Waals surface area contributed by atoms with Crippen LogP contribution in [0.1, 0.15) is 16.5 Å². The lowest BCUT2D eigenvalue weighted by Crippen LogP contribution is -2.43. The highest BCUT2D eigenvalue weighted by molar-refractivity contribution is 7.99. The van der Waals surface area contributed by atoms with Crippen LogP contribution in [0.15, 0.2) is 54.6 Å². The van der Waals surface area contributed by atoms with Gasteiger partial charge < -0.3 is 14.6 Å². The maximum absolute atomic E-state index is 12.7. The lowest BCUT2D eigenvalue weighted by molar-refractivity contribution is -0.141. The Morgan fingerprint density at radius 2 is 1.96 bits per heavy atom. The van der Waals surface area contributed by atoms with E-state index in [2.05, 4.69) is 0 Å². The topological polar surface area (TPSA) is 76.1 Å². The van der Waals surface area contributed by atoms with E-state index in [1.54, 1.807) is 19.2 Å². The first-order chi connectivity index (χ1) is 12.6. The van der Waals surface area contributed by atoms with Crippen LogP contribution in [0.2, 0.25) is 0 Å². The molecule has 0 spiro atoms. The number of hydrogen-bond acceptors (Lipinski definition) is 5. The number of ether oxygens (including phenoxy) is 2. The molecule has 1 aliphatic rings. The number of hydrogen-bond donors (Lipinski definition) is 1. The number of carboxylic acids is 1. The van der Waals surface area contributed by atoms with Crippen molar-refractivity contribution in [3.05, 3.63) is 65.7 Å². The summed E-state index contributed by atoms with van der Waals surface area (Å²) in [6.45, 7) is 0.0952. The molecular weight excluding hydrogens is 354 g/mol. The van der Waals surface area contributed by atoms with Crippen molar-refractivity contribution in [1.29, 1.82) is 0 Å². The van der Waals surface area contributed by atoms with Crippen LogP contribution < -0.4 is 4.74 Å². The predicted molar refractivity (Wildman–Crippen MR) is 98.1 cm³/mol. The minimum Gasteiger partial charge on any atom is -0.497 e. The molecule has 26 heavy (non-hydrogen) atoms. The number of amides is 1. The number of thioether (sulfide) groups is 1. The third-order valence-electron chi connectivity index (χ3n) is 4.08. The number of benzene rings is 2. The molecule has 2 unspecified atom stereocenters. The smallest absolute Gasteiger partial charge is 0.412 e. The maximum atomic E-state index is 12.7. The molecule has 0 saturated carbocycles. The van der Waals surface area contributed by atoms with Gasteiger partial charge in [0.1, 0.15) is 23.8 Å². The first kappa shape index (κ1) is 18.1.